The van der Waals surface area contributed by atoms with E-state index in [1.807, 2.05) is 44.2 Å². The van der Waals surface area contributed by atoms with Gasteiger partial charge in [-0.15, -0.1) is 0 Å². The zero-order valence-electron chi connectivity index (χ0n) is 13.5. The van der Waals surface area contributed by atoms with E-state index in [0.29, 0.717) is 13.1 Å². The number of rotatable bonds is 6. The van der Waals surface area contributed by atoms with Crippen LogP contribution in [0.4, 0.5) is 5.69 Å². The maximum absolute atomic E-state index is 12.7. The normalized spacial score (nSPS) is 10.2. The van der Waals surface area contributed by atoms with Gasteiger partial charge in [-0.25, -0.2) is 4.98 Å². The van der Waals surface area contributed by atoms with Crippen molar-refractivity contribution >= 4 is 17.5 Å². The average Bonchev–Trinajstić information content (AvgIpc) is 2.61. The number of para-hydroxylation sites is 1. The molecular formula is C18H21N3O2. The standard InChI is InChI=1S/C18H21N3O2/c1-3-13-19-17(22)15-11-8-12-16(20-15)18(23)21(4-2)14-9-6-5-7-10-14/h5-12H,3-4,13H2,1-2H3,(H,19,22). The van der Waals surface area contributed by atoms with Crippen molar-refractivity contribution in [2.75, 3.05) is 18.0 Å². The maximum atomic E-state index is 12.7. The van der Waals surface area contributed by atoms with E-state index in [2.05, 4.69) is 10.3 Å². The smallest absolute Gasteiger partial charge is 0.276 e. The largest absolute Gasteiger partial charge is 0.351 e. The molecule has 0 aliphatic heterocycles. The highest BCUT2D eigenvalue weighted by Crippen LogP contribution is 2.16. The first kappa shape index (κ1) is 16.7. The van der Waals surface area contributed by atoms with Crippen molar-refractivity contribution in [3.63, 3.8) is 0 Å². The summed E-state index contributed by atoms with van der Waals surface area (Å²) in [6, 6.07) is 14.3. The van der Waals surface area contributed by atoms with Gasteiger partial charge in [-0.05, 0) is 37.6 Å². The first-order valence-corrected chi connectivity index (χ1v) is 7.79. The lowest BCUT2D eigenvalue weighted by Gasteiger charge is -2.20. The lowest BCUT2D eigenvalue weighted by molar-refractivity contribution is 0.0948. The van der Waals surface area contributed by atoms with Crippen molar-refractivity contribution in [1.82, 2.24) is 10.3 Å². The van der Waals surface area contributed by atoms with Gasteiger partial charge in [-0.3, -0.25) is 9.59 Å². The molecule has 0 aliphatic rings. The van der Waals surface area contributed by atoms with Gasteiger partial charge < -0.3 is 10.2 Å². The number of anilines is 1. The van der Waals surface area contributed by atoms with Crippen LogP contribution in [0.2, 0.25) is 0 Å². The summed E-state index contributed by atoms with van der Waals surface area (Å²) in [7, 11) is 0. The number of amides is 2. The molecule has 2 aromatic rings. The summed E-state index contributed by atoms with van der Waals surface area (Å²) in [6.45, 7) is 5.00. The van der Waals surface area contributed by atoms with Crippen LogP contribution < -0.4 is 10.2 Å². The van der Waals surface area contributed by atoms with Gasteiger partial charge >= 0.3 is 0 Å². The fraction of sp³-hybridized carbons (Fsp3) is 0.278. The Morgan fingerprint density at radius 1 is 1.00 bits per heavy atom. The van der Waals surface area contributed by atoms with Crippen LogP contribution >= 0.6 is 0 Å². The fourth-order valence-corrected chi connectivity index (χ4v) is 2.20. The van der Waals surface area contributed by atoms with E-state index in [-0.39, 0.29) is 23.2 Å². The molecule has 1 aromatic carbocycles. The van der Waals surface area contributed by atoms with Crippen molar-refractivity contribution in [3.8, 4) is 0 Å². The molecule has 0 radical (unpaired) electrons. The third kappa shape index (κ3) is 4.16. The van der Waals surface area contributed by atoms with Crippen LogP contribution in [0.15, 0.2) is 48.5 Å². The molecule has 5 heteroatoms. The van der Waals surface area contributed by atoms with E-state index in [9.17, 15) is 9.59 Å². The lowest BCUT2D eigenvalue weighted by Crippen LogP contribution is -2.32. The van der Waals surface area contributed by atoms with Crippen LogP contribution in [0.1, 0.15) is 41.2 Å². The molecule has 1 aromatic heterocycles. The van der Waals surface area contributed by atoms with Crippen LogP contribution in [-0.4, -0.2) is 29.9 Å². The molecule has 120 valence electrons. The zero-order chi connectivity index (χ0) is 16.7. The third-order valence-electron chi connectivity index (χ3n) is 3.37. The summed E-state index contributed by atoms with van der Waals surface area (Å²) >= 11 is 0. The summed E-state index contributed by atoms with van der Waals surface area (Å²) in [5.74, 6) is -0.479. The van der Waals surface area contributed by atoms with Crippen molar-refractivity contribution < 1.29 is 9.59 Å². The molecule has 0 atom stereocenters. The Balaban J connectivity index is 2.23. The Kier molecular flexibility index (Phi) is 5.86. The van der Waals surface area contributed by atoms with Crippen LogP contribution in [0.3, 0.4) is 0 Å². The van der Waals surface area contributed by atoms with E-state index in [1.165, 1.54) is 0 Å². The van der Waals surface area contributed by atoms with Crippen LogP contribution in [0, 0.1) is 0 Å². The molecule has 0 saturated heterocycles. The zero-order valence-corrected chi connectivity index (χ0v) is 13.5. The van der Waals surface area contributed by atoms with Gasteiger partial charge in [0.1, 0.15) is 11.4 Å². The molecule has 5 nitrogen and oxygen atoms in total. The minimum atomic E-state index is -0.260. The predicted molar refractivity (Wildman–Crippen MR) is 90.7 cm³/mol. The second-order valence-corrected chi connectivity index (χ2v) is 5.05. The minimum absolute atomic E-state index is 0.219. The molecule has 0 aliphatic carbocycles. The average molecular weight is 311 g/mol. The molecule has 0 saturated carbocycles. The quantitative estimate of drug-likeness (QED) is 0.892. The topological polar surface area (TPSA) is 62.3 Å². The molecule has 2 rings (SSSR count). The summed E-state index contributed by atoms with van der Waals surface area (Å²) in [6.07, 6.45) is 0.849. The summed E-state index contributed by atoms with van der Waals surface area (Å²) in [5.41, 5.74) is 1.33. The molecule has 23 heavy (non-hydrogen) atoms. The number of benzene rings is 1. The number of hydrogen-bond acceptors (Lipinski definition) is 3. The Morgan fingerprint density at radius 2 is 1.70 bits per heavy atom. The van der Waals surface area contributed by atoms with Crippen LogP contribution in [0.25, 0.3) is 0 Å². The second kappa shape index (κ2) is 8.08. The highest BCUT2D eigenvalue weighted by atomic mass is 16.2. The summed E-state index contributed by atoms with van der Waals surface area (Å²) in [4.78, 5) is 30.5. The minimum Gasteiger partial charge on any atom is -0.351 e. The number of carbonyl (C=O) groups excluding carboxylic acids is 2. The van der Waals surface area contributed by atoms with Gasteiger partial charge in [0.05, 0.1) is 0 Å². The Morgan fingerprint density at radius 3 is 2.35 bits per heavy atom. The van der Waals surface area contributed by atoms with Crippen molar-refractivity contribution in [2.45, 2.75) is 20.3 Å². The highest BCUT2D eigenvalue weighted by molar-refractivity contribution is 6.05. The van der Waals surface area contributed by atoms with E-state index < -0.39 is 0 Å². The number of aromatic nitrogens is 1. The molecule has 1 heterocycles. The fourth-order valence-electron chi connectivity index (χ4n) is 2.20. The number of nitrogens with one attached hydrogen (secondary N) is 1. The molecule has 0 fully saturated rings. The SMILES string of the molecule is CCCNC(=O)c1cccc(C(=O)N(CC)c2ccccc2)n1. The number of carbonyl (C=O) groups is 2. The monoisotopic (exact) mass is 311 g/mol. The lowest BCUT2D eigenvalue weighted by atomic mass is 10.2. The molecule has 0 spiro atoms. The van der Waals surface area contributed by atoms with Crippen molar-refractivity contribution in [3.05, 3.63) is 59.9 Å². The number of hydrogen-bond donors (Lipinski definition) is 1. The molecule has 0 bridgehead atoms. The van der Waals surface area contributed by atoms with Crippen LogP contribution in [-0.2, 0) is 0 Å². The number of nitrogens with zero attached hydrogens (tertiary/aromatic N) is 2. The van der Waals surface area contributed by atoms with Gasteiger partial charge in [0.15, 0.2) is 0 Å². The Bertz CT molecular complexity index is 671. The number of pyridine rings is 1. The highest BCUT2D eigenvalue weighted by Gasteiger charge is 2.18. The van der Waals surface area contributed by atoms with Crippen molar-refractivity contribution in [1.29, 1.82) is 0 Å². The van der Waals surface area contributed by atoms with E-state index in [4.69, 9.17) is 0 Å². The van der Waals surface area contributed by atoms with Crippen molar-refractivity contribution in [2.24, 2.45) is 0 Å². The van der Waals surface area contributed by atoms with Gasteiger partial charge in [0, 0.05) is 18.8 Å². The second-order valence-electron chi connectivity index (χ2n) is 5.05. The van der Waals surface area contributed by atoms with E-state index in [1.54, 1.807) is 23.1 Å². The molecule has 1 N–H and O–H groups in total. The predicted octanol–water partition coefficient (Wildman–Crippen LogP) is 2.89. The Hall–Kier alpha value is -2.69. The van der Waals surface area contributed by atoms with Gasteiger partial charge in [0.25, 0.3) is 11.8 Å². The summed E-state index contributed by atoms with van der Waals surface area (Å²) in [5, 5.41) is 2.76. The van der Waals surface area contributed by atoms with Crippen LogP contribution in [0.5, 0.6) is 0 Å². The third-order valence-corrected chi connectivity index (χ3v) is 3.37. The van der Waals surface area contributed by atoms with Gasteiger partial charge in [-0.2, -0.15) is 0 Å². The van der Waals surface area contributed by atoms with E-state index >= 15 is 0 Å². The summed E-state index contributed by atoms with van der Waals surface area (Å²) < 4.78 is 0. The van der Waals surface area contributed by atoms with Gasteiger partial charge in [0.2, 0.25) is 0 Å². The molecule has 2 amide bonds. The first-order valence-electron chi connectivity index (χ1n) is 7.79. The van der Waals surface area contributed by atoms with Gasteiger partial charge in [-0.1, -0.05) is 31.2 Å². The molecular weight excluding hydrogens is 290 g/mol. The maximum Gasteiger partial charge on any atom is 0.276 e. The van der Waals surface area contributed by atoms with E-state index in [0.717, 1.165) is 12.1 Å². The Labute approximate surface area is 136 Å². The molecule has 0 unspecified atom stereocenters. The first-order chi connectivity index (χ1) is 11.2.